The van der Waals surface area contributed by atoms with Crippen LogP contribution in [0.1, 0.15) is 228 Å². The summed E-state index contributed by atoms with van der Waals surface area (Å²) in [7, 11) is 1.97. The quantitative estimate of drug-likeness (QED) is 0.0826. The standard InChI is InChI=1S/C73H90OSe/c1-43(2)53-27-18-20-29-59(53)51-39-63(69(49(13)14)65(41-51)71-55(45(5)6)31-24-32-56(71)46(7)8)61-35-26-36-62(73(61)75-68-38-23-22-37-67(68)74-17)64-40-52(60-30-21-19-28-54(60)44(3)4)42-66(70(64)50(15)16)72-57(47(9)10)33-25-34-58(72)48(11)12/h18-21,24-36,39-50,67-68H,22-23,37-38H2,1-17H3/t67-,68-/m1/s1. The van der Waals surface area contributed by atoms with Gasteiger partial charge in [-0.3, -0.25) is 0 Å². The molecule has 8 rings (SSSR count). The molecule has 0 saturated heterocycles. The number of rotatable bonds is 17. The third-order valence-electron chi connectivity index (χ3n) is 16.4. The molecule has 0 spiro atoms. The van der Waals surface area contributed by atoms with Gasteiger partial charge in [-0.15, -0.1) is 0 Å². The Hall–Kier alpha value is -4.98. The maximum absolute atomic E-state index is 6.53. The van der Waals surface area contributed by atoms with Crippen LogP contribution in [0.15, 0.2) is 127 Å². The molecule has 0 aliphatic heterocycles. The van der Waals surface area contributed by atoms with E-state index in [1.165, 1.54) is 135 Å². The molecule has 0 unspecified atom stereocenters. The molecule has 2 atom stereocenters. The van der Waals surface area contributed by atoms with Gasteiger partial charge < -0.3 is 0 Å². The van der Waals surface area contributed by atoms with Crippen LogP contribution in [0.25, 0.3) is 66.8 Å². The fourth-order valence-corrected chi connectivity index (χ4v) is 16.0. The second-order valence-electron chi connectivity index (χ2n) is 24.4. The molecule has 1 nitrogen and oxygen atoms in total. The van der Waals surface area contributed by atoms with Crippen molar-refractivity contribution < 1.29 is 4.74 Å². The van der Waals surface area contributed by atoms with E-state index in [9.17, 15) is 0 Å². The van der Waals surface area contributed by atoms with Gasteiger partial charge in [-0.25, -0.2) is 0 Å². The van der Waals surface area contributed by atoms with Crippen molar-refractivity contribution in [2.75, 3.05) is 7.11 Å². The first-order valence-corrected chi connectivity index (χ1v) is 30.8. The Kier molecular flexibility index (Phi) is 18.1. The van der Waals surface area contributed by atoms with Crippen LogP contribution in [-0.4, -0.2) is 28.2 Å². The summed E-state index contributed by atoms with van der Waals surface area (Å²) in [5.41, 5.74) is 27.9. The van der Waals surface area contributed by atoms with E-state index in [2.05, 4.69) is 238 Å². The summed E-state index contributed by atoms with van der Waals surface area (Å²) in [6.07, 6.45) is 5.05. The normalized spacial score (nSPS) is 15.3. The molecule has 394 valence electrons. The van der Waals surface area contributed by atoms with Gasteiger partial charge in [0.05, 0.1) is 0 Å². The molecule has 7 aromatic rings. The Morgan fingerprint density at radius 1 is 0.347 bits per heavy atom. The Morgan fingerprint density at radius 2 is 0.667 bits per heavy atom. The van der Waals surface area contributed by atoms with Crippen molar-refractivity contribution in [1.82, 2.24) is 0 Å². The van der Waals surface area contributed by atoms with Crippen molar-refractivity contribution >= 4 is 19.4 Å². The van der Waals surface area contributed by atoms with E-state index in [0.717, 1.165) is 6.42 Å². The van der Waals surface area contributed by atoms with E-state index in [1.807, 2.05) is 7.11 Å². The molecule has 1 aliphatic carbocycles. The molecule has 0 aromatic heterocycles. The molecular formula is C73H90OSe. The molecular weight excluding hydrogens is 972 g/mol. The molecule has 1 aliphatic rings. The van der Waals surface area contributed by atoms with Crippen molar-refractivity contribution in [3.8, 4) is 66.8 Å². The fourth-order valence-electron chi connectivity index (χ4n) is 12.7. The Bertz CT molecular complexity index is 2860. The average Bonchev–Trinajstić information content (AvgIpc) is 3.39. The van der Waals surface area contributed by atoms with Gasteiger partial charge in [0.1, 0.15) is 0 Å². The molecule has 1 saturated carbocycles. The third kappa shape index (κ3) is 11.5. The monoisotopic (exact) mass is 1060 g/mol. The molecule has 75 heavy (non-hydrogen) atoms. The van der Waals surface area contributed by atoms with E-state index in [0.29, 0.717) is 40.3 Å². The van der Waals surface area contributed by atoms with E-state index >= 15 is 0 Å². The summed E-state index contributed by atoms with van der Waals surface area (Å²) in [6, 6.07) is 50.6. The predicted octanol–water partition coefficient (Wildman–Crippen LogP) is 21.4. The first-order valence-electron chi connectivity index (χ1n) is 29.0. The summed E-state index contributed by atoms with van der Waals surface area (Å²) in [5.74, 6) is 2.71. The van der Waals surface area contributed by atoms with Crippen LogP contribution in [0.5, 0.6) is 0 Å². The van der Waals surface area contributed by atoms with E-state index in [4.69, 9.17) is 4.74 Å². The molecule has 0 N–H and O–H groups in total. The number of ether oxygens (including phenoxy) is 1. The second-order valence-corrected chi connectivity index (χ2v) is 27.0. The van der Waals surface area contributed by atoms with Crippen LogP contribution in [0.4, 0.5) is 0 Å². The Morgan fingerprint density at radius 3 is 1.03 bits per heavy atom. The van der Waals surface area contributed by atoms with Crippen LogP contribution in [0.2, 0.25) is 4.82 Å². The third-order valence-corrected chi connectivity index (χ3v) is 19.6. The van der Waals surface area contributed by atoms with Gasteiger partial charge in [0.25, 0.3) is 0 Å². The number of hydrogen-bond donors (Lipinski definition) is 0. The van der Waals surface area contributed by atoms with E-state index in [-0.39, 0.29) is 32.9 Å². The first kappa shape index (κ1) is 56.2. The summed E-state index contributed by atoms with van der Waals surface area (Å²) >= 11 is 0.0748. The van der Waals surface area contributed by atoms with Crippen LogP contribution in [-0.2, 0) is 4.74 Å². The van der Waals surface area contributed by atoms with Crippen molar-refractivity contribution in [1.29, 1.82) is 0 Å². The van der Waals surface area contributed by atoms with Gasteiger partial charge in [-0.1, -0.05) is 0 Å². The molecule has 0 bridgehead atoms. The van der Waals surface area contributed by atoms with Gasteiger partial charge in [-0.2, -0.15) is 0 Å². The Labute approximate surface area is 461 Å². The van der Waals surface area contributed by atoms with Gasteiger partial charge in [-0.05, 0) is 0 Å². The predicted molar refractivity (Wildman–Crippen MR) is 330 cm³/mol. The minimum absolute atomic E-state index is 0.0748. The van der Waals surface area contributed by atoms with Crippen LogP contribution in [0.3, 0.4) is 0 Å². The number of hydrogen-bond acceptors (Lipinski definition) is 1. The molecule has 0 heterocycles. The molecule has 7 aromatic carbocycles. The van der Waals surface area contributed by atoms with Crippen LogP contribution >= 0.6 is 0 Å². The zero-order valence-electron chi connectivity index (χ0n) is 49.0. The van der Waals surface area contributed by atoms with Crippen molar-refractivity contribution in [3.05, 3.63) is 172 Å². The fraction of sp³-hybridized carbons (Fsp3) is 0.425. The van der Waals surface area contributed by atoms with Crippen LogP contribution in [0, 0.1) is 0 Å². The Balaban J connectivity index is 1.59. The van der Waals surface area contributed by atoms with E-state index < -0.39 is 0 Å². The molecule has 1 fully saturated rings. The summed E-state index contributed by atoms with van der Waals surface area (Å²) in [4.78, 5) is 0.457. The zero-order chi connectivity index (χ0) is 54.0. The topological polar surface area (TPSA) is 9.23 Å². The maximum atomic E-state index is 6.53. The van der Waals surface area contributed by atoms with Crippen molar-refractivity contribution in [2.24, 2.45) is 0 Å². The van der Waals surface area contributed by atoms with E-state index in [1.54, 1.807) is 0 Å². The summed E-state index contributed by atoms with van der Waals surface area (Å²) in [5, 5.41) is 0. The van der Waals surface area contributed by atoms with Crippen LogP contribution < -0.4 is 4.46 Å². The first-order chi connectivity index (χ1) is 35.8. The SMILES string of the molecule is CO[C@@H]1CCCC[C@H]1[Se]c1c(-c2cc(-c3ccccc3C(C)C)cc(-c3c(C(C)C)cccc3C(C)C)c2C(C)C)cccc1-c1cc(-c2ccccc2C(C)C)cc(-c2c(C(C)C)cccc2C(C)C)c1C(C)C. The summed E-state index contributed by atoms with van der Waals surface area (Å²) in [6.45, 7) is 38.3. The second kappa shape index (κ2) is 24.1. The van der Waals surface area contributed by atoms with Gasteiger partial charge in [0.2, 0.25) is 0 Å². The number of benzene rings is 7. The zero-order valence-corrected chi connectivity index (χ0v) is 50.8. The average molecular weight is 1060 g/mol. The number of methoxy groups -OCH3 is 1. The molecule has 0 radical (unpaired) electrons. The molecule has 2 heteroatoms. The molecule has 0 amide bonds. The summed E-state index contributed by atoms with van der Waals surface area (Å²) < 4.78 is 8.05. The van der Waals surface area contributed by atoms with Gasteiger partial charge >= 0.3 is 465 Å². The van der Waals surface area contributed by atoms with Crippen molar-refractivity contribution in [2.45, 2.75) is 195 Å². The minimum atomic E-state index is 0.0748. The van der Waals surface area contributed by atoms with Crippen molar-refractivity contribution in [3.63, 3.8) is 0 Å². The van der Waals surface area contributed by atoms with Gasteiger partial charge in [0, 0.05) is 0 Å². The van der Waals surface area contributed by atoms with Gasteiger partial charge in [0.15, 0.2) is 0 Å².